The van der Waals surface area contributed by atoms with E-state index in [-0.39, 0.29) is 17.9 Å². The van der Waals surface area contributed by atoms with Crippen molar-refractivity contribution in [1.82, 2.24) is 9.80 Å². The van der Waals surface area contributed by atoms with Crippen molar-refractivity contribution in [2.24, 2.45) is 0 Å². The Balaban J connectivity index is 1.38. The number of piperidine rings is 2. The van der Waals surface area contributed by atoms with Crippen molar-refractivity contribution in [2.45, 2.75) is 50.6 Å². The van der Waals surface area contributed by atoms with Crippen molar-refractivity contribution in [3.8, 4) is 5.75 Å². The molecule has 1 aromatic carbocycles. The molecular weight excluding hydrogens is 342 g/mol. The van der Waals surface area contributed by atoms with Crippen LogP contribution in [0.25, 0.3) is 0 Å². The van der Waals surface area contributed by atoms with Crippen LogP contribution in [0.2, 0.25) is 0 Å². The molecule has 3 aliphatic heterocycles. The van der Waals surface area contributed by atoms with Crippen LogP contribution in [0.1, 0.15) is 38.5 Å². The number of benzene rings is 1. The maximum atomic E-state index is 13.0. The van der Waals surface area contributed by atoms with Gasteiger partial charge in [0.15, 0.2) is 0 Å². The topological polar surface area (TPSA) is 53.1 Å². The van der Waals surface area contributed by atoms with Crippen molar-refractivity contribution in [2.75, 3.05) is 38.2 Å². The highest BCUT2D eigenvalue weighted by atomic mass is 16.5. The Hall–Kier alpha value is -1.92. The van der Waals surface area contributed by atoms with E-state index in [0.29, 0.717) is 23.9 Å². The van der Waals surface area contributed by atoms with E-state index < -0.39 is 0 Å². The van der Waals surface area contributed by atoms with Crippen LogP contribution in [0.4, 0.5) is 5.69 Å². The van der Waals surface area contributed by atoms with Crippen LogP contribution in [-0.2, 0) is 9.59 Å². The van der Waals surface area contributed by atoms with E-state index in [0.717, 1.165) is 25.9 Å². The molecule has 3 aliphatic rings. The maximum Gasteiger partial charge on any atom is 0.251 e. The first-order valence-electron chi connectivity index (χ1n) is 10.2. The summed E-state index contributed by atoms with van der Waals surface area (Å²) < 4.78 is 5.16. The Kier molecular flexibility index (Phi) is 5.45. The van der Waals surface area contributed by atoms with Gasteiger partial charge in [-0.3, -0.25) is 14.5 Å². The van der Waals surface area contributed by atoms with Crippen molar-refractivity contribution >= 4 is 17.5 Å². The van der Waals surface area contributed by atoms with Gasteiger partial charge in [-0.1, -0.05) is 6.42 Å². The molecule has 3 heterocycles. The van der Waals surface area contributed by atoms with Crippen LogP contribution in [0.3, 0.4) is 0 Å². The lowest BCUT2D eigenvalue weighted by molar-refractivity contribution is -0.123. The smallest absolute Gasteiger partial charge is 0.251 e. The van der Waals surface area contributed by atoms with Gasteiger partial charge >= 0.3 is 0 Å². The van der Waals surface area contributed by atoms with E-state index in [4.69, 9.17) is 4.74 Å². The number of hydrogen-bond donors (Lipinski definition) is 0. The van der Waals surface area contributed by atoms with Gasteiger partial charge < -0.3 is 9.64 Å². The number of carbonyl (C=O) groups is 2. The third kappa shape index (κ3) is 3.73. The van der Waals surface area contributed by atoms with Gasteiger partial charge in [0, 0.05) is 19.1 Å². The zero-order valence-corrected chi connectivity index (χ0v) is 16.1. The number of nitrogens with zero attached hydrogens (tertiary/aromatic N) is 3. The fourth-order valence-corrected chi connectivity index (χ4v) is 4.75. The van der Waals surface area contributed by atoms with Gasteiger partial charge in [0.2, 0.25) is 5.91 Å². The summed E-state index contributed by atoms with van der Waals surface area (Å²) in [5.74, 6) is 0.532. The molecule has 6 heteroatoms. The number of likely N-dealkylation sites (tertiary alicyclic amines) is 2. The van der Waals surface area contributed by atoms with Crippen LogP contribution in [0, 0.1) is 0 Å². The van der Waals surface area contributed by atoms with E-state index >= 15 is 0 Å². The number of anilines is 1. The number of methoxy groups -OCH3 is 1. The lowest BCUT2D eigenvalue weighted by Crippen LogP contribution is -2.51. The molecule has 0 spiro atoms. The summed E-state index contributed by atoms with van der Waals surface area (Å²) in [7, 11) is 1.60. The summed E-state index contributed by atoms with van der Waals surface area (Å²) in [5.41, 5.74) is 0.636. The van der Waals surface area contributed by atoms with Crippen LogP contribution >= 0.6 is 0 Å². The van der Waals surface area contributed by atoms with Crippen molar-refractivity contribution in [3.63, 3.8) is 0 Å². The van der Waals surface area contributed by atoms with Gasteiger partial charge in [-0.2, -0.15) is 0 Å². The normalized spacial score (nSPS) is 26.0. The van der Waals surface area contributed by atoms with E-state index in [1.54, 1.807) is 31.4 Å². The average molecular weight is 371 g/mol. The number of amides is 2. The molecule has 0 bridgehead atoms. The third-order valence-corrected chi connectivity index (χ3v) is 6.30. The molecule has 0 radical (unpaired) electrons. The Labute approximate surface area is 161 Å². The Bertz CT molecular complexity index is 676. The van der Waals surface area contributed by atoms with Gasteiger partial charge in [0.25, 0.3) is 5.91 Å². The molecule has 146 valence electrons. The fraction of sp³-hybridized carbons (Fsp3) is 0.619. The minimum atomic E-state index is -0.304. The predicted octanol–water partition coefficient (Wildman–Crippen LogP) is 2.28. The number of carbonyl (C=O) groups excluding carboxylic acids is 2. The van der Waals surface area contributed by atoms with Crippen LogP contribution in [0.15, 0.2) is 24.3 Å². The molecule has 3 saturated heterocycles. The average Bonchev–Trinajstić information content (AvgIpc) is 3.03. The molecular formula is C21H29N3O3. The summed E-state index contributed by atoms with van der Waals surface area (Å²) in [6, 6.07) is 7.47. The first-order valence-corrected chi connectivity index (χ1v) is 10.2. The molecule has 0 aromatic heterocycles. The van der Waals surface area contributed by atoms with Crippen LogP contribution in [0.5, 0.6) is 5.75 Å². The van der Waals surface area contributed by atoms with E-state index in [9.17, 15) is 9.59 Å². The molecule has 1 aromatic rings. The van der Waals surface area contributed by atoms with Gasteiger partial charge in [0.1, 0.15) is 5.75 Å². The monoisotopic (exact) mass is 371 g/mol. The van der Waals surface area contributed by atoms with Crippen molar-refractivity contribution in [3.05, 3.63) is 24.3 Å². The molecule has 0 saturated carbocycles. The van der Waals surface area contributed by atoms with E-state index in [2.05, 4.69) is 9.80 Å². The molecule has 27 heavy (non-hydrogen) atoms. The first kappa shape index (κ1) is 18.4. The lowest BCUT2D eigenvalue weighted by atomic mass is 9.98. The van der Waals surface area contributed by atoms with Crippen LogP contribution < -0.4 is 9.64 Å². The largest absolute Gasteiger partial charge is 0.497 e. The molecule has 1 atom stereocenters. The van der Waals surface area contributed by atoms with E-state index in [1.165, 1.54) is 37.3 Å². The minimum absolute atomic E-state index is 0.0819. The lowest BCUT2D eigenvalue weighted by Gasteiger charge is -2.41. The minimum Gasteiger partial charge on any atom is -0.497 e. The van der Waals surface area contributed by atoms with E-state index in [1.807, 2.05) is 0 Å². The zero-order chi connectivity index (χ0) is 18.8. The highest BCUT2D eigenvalue weighted by Crippen LogP contribution is 2.29. The van der Waals surface area contributed by atoms with Gasteiger partial charge in [0.05, 0.1) is 25.3 Å². The highest BCUT2D eigenvalue weighted by Gasteiger charge is 2.43. The number of ether oxygens (including phenoxy) is 1. The quantitative estimate of drug-likeness (QED) is 0.760. The molecule has 0 N–H and O–H groups in total. The molecule has 3 fully saturated rings. The number of hydrogen-bond acceptors (Lipinski definition) is 5. The first-order chi connectivity index (χ1) is 13.2. The Morgan fingerprint density at radius 2 is 1.56 bits per heavy atom. The Morgan fingerprint density at radius 3 is 2.19 bits per heavy atom. The highest BCUT2D eigenvalue weighted by molar-refractivity contribution is 6.22. The number of imide groups is 1. The molecule has 4 rings (SSSR count). The van der Waals surface area contributed by atoms with Crippen LogP contribution in [-0.4, -0.2) is 67.0 Å². The third-order valence-electron chi connectivity index (χ3n) is 6.30. The zero-order valence-electron chi connectivity index (χ0n) is 16.1. The van der Waals surface area contributed by atoms with Gasteiger partial charge in [-0.15, -0.1) is 0 Å². The second-order valence-corrected chi connectivity index (χ2v) is 7.85. The summed E-state index contributed by atoms with van der Waals surface area (Å²) in [5, 5.41) is 0. The fourth-order valence-electron chi connectivity index (χ4n) is 4.75. The van der Waals surface area contributed by atoms with Crippen molar-refractivity contribution in [1.29, 1.82) is 0 Å². The molecule has 6 nitrogen and oxygen atoms in total. The van der Waals surface area contributed by atoms with Crippen molar-refractivity contribution < 1.29 is 14.3 Å². The van der Waals surface area contributed by atoms with Gasteiger partial charge in [-0.25, -0.2) is 4.90 Å². The SMILES string of the molecule is COc1ccc(N2C(=O)CC(N3CCC(N4CCCCC4)CC3)C2=O)cc1. The summed E-state index contributed by atoms with van der Waals surface area (Å²) >= 11 is 0. The summed E-state index contributed by atoms with van der Waals surface area (Å²) in [4.78, 5) is 31.7. The molecule has 2 amide bonds. The molecule has 1 unspecified atom stereocenters. The Morgan fingerprint density at radius 1 is 0.889 bits per heavy atom. The maximum absolute atomic E-state index is 13.0. The summed E-state index contributed by atoms with van der Waals surface area (Å²) in [6.07, 6.45) is 6.47. The molecule has 0 aliphatic carbocycles. The standard InChI is InChI=1S/C21H29N3O3/c1-27-18-7-5-17(6-8-18)24-20(25)15-19(21(24)26)23-13-9-16(10-14-23)22-11-3-2-4-12-22/h5-8,16,19H,2-4,9-15H2,1H3. The predicted molar refractivity (Wildman–Crippen MR) is 104 cm³/mol. The second kappa shape index (κ2) is 7.98. The van der Waals surface area contributed by atoms with Gasteiger partial charge in [-0.05, 0) is 63.0 Å². The number of rotatable bonds is 4. The summed E-state index contributed by atoms with van der Waals surface area (Å²) in [6.45, 7) is 4.25. The second-order valence-electron chi connectivity index (χ2n) is 7.85.